The van der Waals surface area contributed by atoms with Gasteiger partial charge in [-0.2, -0.15) is 0 Å². The summed E-state index contributed by atoms with van der Waals surface area (Å²) < 4.78 is 16.8. The van der Waals surface area contributed by atoms with Crippen LogP contribution in [0.3, 0.4) is 0 Å². The van der Waals surface area contributed by atoms with Crippen molar-refractivity contribution in [3.63, 3.8) is 0 Å². The standard InChI is InChI=1S/C14H26/c1-14(2,3)10-13-7-5-11-4-6-12(8-11)9-13/h11-13H,4-10H2,1-3H3/i10D2. The van der Waals surface area contributed by atoms with Crippen molar-refractivity contribution in [1.82, 2.24) is 0 Å². The molecule has 2 saturated carbocycles. The predicted octanol–water partition coefficient (Wildman–Crippen LogP) is 4.64. The van der Waals surface area contributed by atoms with Crippen LogP contribution in [0.5, 0.6) is 0 Å². The van der Waals surface area contributed by atoms with Crippen molar-refractivity contribution in [1.29, 1.82) is 0 Å². The Labute approximate surface area is 92.3 Å². The van der Waals surface area contributed by atoms with Crippen molar-refractivity contribution >= 4 is 0 Å². The SMILES string of the molecule is [2H]C([2H])(C1CCC2CCC(C2)C1)C(C)(C)C. The van der Waals surface area contributed by atoms with Gasteiger partial charge in [-0.25, -0.2) is 0 Å². The van der Waals surface area contributed by atoms with E-state index in [2.05, 4.69) is 20.8 Å². The lowest BCUT2D eigenvalue weighted by molar-refractivity contribution is 0.245. The maximum atomic E-state index is 8.42. The van der Waals surface area contributed by atoms with Crippen LogP contribution in [-0.4, -0.2) is 0 Å². The third-order valence-corrected chi connectivity index (χ3v) is 3.83. The first kappa shape index (κ1) is 8.19. The second-order valence-corrected chi connectivity index (χ2v) is 6.45. The van der Waals surface area contributed by atoms with Crippen molar-refractivity contribution in [2.45, 2.75) is 65.7 Å². The minimum atomic E-state index is -1.00. The van der Waals surface area contributed by atoms with Crippen molar-refractivity contribution in [2.24, 2.45) is 23.2 Å². The van der Waals surface area contributed by atoms with E-state index in [9.17, 15) is 0 Å². The van der Waals surface area contributed by atoms with Crippen molar-refractivity contribution in [3.8, 4) is 0 Å². The molecule has 3 unspecified atom stereocenters. The zero-order valence-electron chi connectivity index (χ0n) is 12.0. The molecule has 0 N–H and O–H groups in total. The summed E-state index contributed by atoms with van der Waals surface area (Å²) in [5.41, 5.74) is -0.221. The summed E-state index contributed by atoms with van der Waals surface area (Å²) in [6.45, 7) is 6.16. The summed E-state index contributed by atoms with van der Waals surface area (Å²) in [4.78, 5) is 0. The Morgan fingerprint density at radius 3 is 2.36 bits per heavy atom. The zero-order chi connectivity index (χ0) is 12.0. The molecule has 3 atom stereocenters. The van der Waals surface area contributed by atoms with Gasteiger partial charge in [0.25, 0.3) is 0 Å². The lowest BCUT2D eigenvalue weighted by Crippen LogP contribution is -2.15. The Morgan fingerprint density at radius 1 is 1.00 bits per heavy atom. The smallest absolute Gasteiger partial charge is 0.0275 e. The summed E-state index contributed by atoms with van der Waals surface area (Å²) in [5, 5.41) is 0. The van der Waals surface area contributed by atoms with Crippen LogP contribution in [0, 0.1) is 23.2 Å². The molecule has 2 bridgehead atoms. The highest BCUT2D eigenvalue weighted by Gasteiger charge is 2.32. The van der Waals surface area contributed by atoms with E-state index < -0.39 is 6.37 Å². The predicted molar refractivity (Wildman–Crippen MR) is 62.2 cm³/mol. The van der Waals surface area contributed by atoms with Gasteiger partial charge in [-0.1, -0.05) is 46.5 Å². The zero-order valence-corrected chi connectivity index (χ0v) is 9.97. The fourth-order valence-corrected chi connectivity index (χ4v) is 3.36. The van der Waals surface area contributed by atoms with E-state index in [0.29, 0.717) is 5.92 Å². The molecule has 0 amide bonds. The molecule has 0 heteroatoms. The van der Waals surface area contributed by atoms with Gasteiger partial charge in [-0.05, 0) is 42.4 Å². The number of hydrogen-bond acceptors (Lipinski definition) is 0. The van der Waals surface area contributed by atoms with Crippen LogP contribution in [0.15, 0.2) is 0 Å². The molecular formula is C14H26. The first-order valence-electron chi connectivity index (χ1n) is 7.30. The maximum Gasteiger partial charge on any atom is 0.0275 e. The highest BCUT2D eigenvalue weighted by Crippen LogP contribution is 2.45. The van der Waals surface area contributed by atoms with E-state index >= 15 is 0 Å². The molecule has 82 valence electrons. The van der Waals surface area contributed by atoms with Gasteiger partial charge in [0.2, 0.25) is 0 Å². The van der Waals surface area contributed by atoms with E-state index in [4.69, 9.17) is 2.74 Å². The Kier molecular flexibility index (Phi) is 2.26. The van der Waals surface area contributed by atoms with E-state index in [1.165, 1.54) is 25.7 Å². The fraction of sp³-hybridized carbons (Fsp3) is 1.00. The molecule has 2 aliphatic rings. The Bertz CT molecular complexity index is 252. The fourth-order valence-electron chi connectivity index (χ4n) is 3.36. The minimum absolute atomic E-state index is 0.221. The van der Waals surface area contributed by atoms with Crippen LogP contribution < -0.4 is 0 Å². The average Bonchev–Trinajstić information content (AvgIpc) is 2.43. The second-order valence-electron chi connectivity index (χ2n) is 6.45. The van der Waals surface area contributed by atoms with Gasteiger partial charge in [0.15, 0.2) is 0 Å². The Balaban J connectivity index is 2.10. The summed E-state index contributed by atoms with van der Waals surface area (Å²) in [6.07, 6.45) is 6.69. The molecule has 0 nitrogen and oxygen atoms in total. The molecule has 2 aliphatic carbocycles. The first-order valence-corrected chi connectivity index (χ1v) is 6.30. The summed E-state index contributed by atoms with van der Waals surface area (Å²) in [7, 11) is 0. The second kappa shape index (κ2) is 3.87. The minimum Gasteiger partial charge on any atom is -0.0602 e. The molecule has 2 fully saturated rings. The van der Waals surface area contributed by atoms with Crippen LogP contribution in [-0.2, 0) is 0 Å². The molecule has 14 heavy (non-hydrogen) atoms. The van der Waals surface area contributed by atoms with Gasteiger partial charge in [-0.15, -0.1) is 0 Å². The highest BCUT2D eigenvalue weighted by atomic mass is 14.4. The van der Waals surface area contributed by atoms with Crippen LogP contribution in [0.4, 0.5) is 0 Å². The third-order valence-electron chi connectivity index (χ3n) is 3.83. The van der Waals surface area contributed by atoms with Gasteiger partial charge in [0.1, 0.15) is 0 Å². The topological polar surface area (TPSA) is 0 Å². The molecule has 0 spiro atoms. The van der Waals surface area contributed by atoms with E-state index in [-0.39, 0.29) is 5.41 Å². The van der Waals surface area contributed by atoms with Crippen LogP contribution in [0.25, 0.3) is 0 Å². The Morgan fingerprint density at radius 2 is 1.64 bits per heavy atom. The van der Waals surface area contributed by atoms with Gasteiger partial charge in [0.05, 0.1) is 0 Å². The monoisotopic (exact) mass is 196 g/mol. The largest absolute Gasteiger partial charge is 0.0602 e. The van der Waals surface area contributed by atoms with Gasteiger partial charge < -0.3 is 0 Å². The van der Waals surface area contributed by atoms with Crippen LogP contribution in [0.1, 0.15) is 68.4 Å². The third kappa shape index (κ3) is 2.74. The number of fused-ring (bicyclic) bond motifs is 2. The highest BCUT2D eigenvalue weighted by molar-refractivity contribution is 4.84. The van der Waals surface area contributed by atoms with Crippen LogP contribution >= 0.6 is 0 Å². The first-order chi connectivity index (χ1) is 7.30. The van der Waals surface area contributed by atoms with Gasteiger partial charge >= 0.3 is 0 Å². The quantitative estimate of drug-likeness (QED) is 0.573. The number of hydrogen-bond donors (Lipinski definition) is 0. The molecule has 2 rings (SSSR count). The summed E-state index contributed by atoms with van der Waals surface area (Å²) in [5.74, 6) is 2.04. The molecule has 0 heterocycles. The van der Waals surface area contributed by atoms with Crippen molar-refractivity contribution in [2.75, 3.05) is 0 Å². The Hall–Kier alpha value is 0. The van der Waals surface area contributed by atoms with Gasteiger partial charge in [0, 0.05) is 2.74 Å². The van der Waals surface area contributed by atoms with Gasteiger partial charge in [-0.3, -0.25) is 0 Å². The lowest BCUT2D eigenvalue weighted by atomic mass is 9.79. The normalized spacial score (nSPS) is 41.5. The molecule has 0 saturated heterocycles. The molecule has 0 aliphatic heterocycles. The van der Waals surface area contributed by atoms with E-state index in [0.717, 1.165) is 24.7 Å². The van der Waals surface area contributed by atoms with E-state index in [1.54, 1.807) is 0 Å². The molecule has 0 aromatic rings. The lowest BCUT2D eigenvalue weighted by Gasteiger charge is -2.27. The maximum absolute atomic E-state index is 8.42. The van der Waals surface area contributed by atoms with Crippen molar-refractivity contribution in [3.05, 3.63) is 0 Å². The van der Waals surface area contributed by atoms with Crippen molar-refractivity contribution < 1.29 is 2.74 Å². The molecule has 0 aromatic carbocycles. The molecule has 0 radical (unpaired) electrons. The molecular weight excluding hydrogens is 168 g/mol. The summed E-state index contributed by atoms with van der Waals surface area (Å²) >= 11 is 0. The summed E-state index contributed by atoms with van der Waals surface area (Å²) in [6, 6.07) is 0. The average molecular weight is 196 g/mol. The van der Waals surface area contributed by atoms with E-state index in [1.807, 2.05) is 0 Å². The molecule has 0 aromatic heterocycles. The van der Waals surface area contributed by atoms with Crippen LogP contribution in [0.2, 0.25) is 0 Å². The number of rotatable bonds is 1.